The van der Waals surface area contributed by atoms with Crippen LogP contribution >= 0.6 is 11.6 Å². The zero-order valence-electron chi connectivity index (χ0n) is 10.8. The van der Waals surface area contributed by atoms with Crippen molar-refractivity contribution in [3.05, 3.63) is 64.7 Å². The minimum atomic E-state index is -0.973. The third-order valence-corrected chi connectivity index (χ3v) is 2.99. The SMILES string of the molecule is Cc1cc(C=CC(=O)O)ccc1Oc1ccccc1Cl. The van der Waals surface area contributed by atoms with Crippen LogP contribution in [0.5, 0.6) is 11.5 Å². The van der Waals surface area contributed by atoms with Gasteiger partial charge in [-0.3, -0.25) is 0 Å². The molecule has 0 spiro atoms. The van der Waals surface area contributed by atoms with Crippen LogP contribution in [0.4, 0.5) is 0 Å². The van der Waals surface area contributed by atoms with E-state index in [1.54, 1.807) is 24.3 Å². The Hall–Kier alpha value is -2.26. The van der Waals surface area contributed by atoms with Crippen LogP contribution in [-0.2, 0) is 4.79 Å². The van der Waals surface area contributed by atoms with E-state index < -0.39 is 5.97 Å². The number of carboxylic acids is 1. The molecule has 2 aromatic carbocycles. The van der Waals surface area contributed by atoms with E-state index in [-0.39, 0.29) is 0 Å². The van der Waals surface area contributed by atoms with E-state index in [0.29, 0.717) is 16.5 Å². The first-order chi connectivity index (χ1) is 9.56. The molecule has 3 nitrogen and oxygen atoms in total. The van der Waals surface area contributed by atoms with E-state index in [1.807, 2.05) is 25.1 Å². The summed E-state index contributed by atoms with van der Waals surface area (Å²) in [6, 6.07) is 12.7. The van der Waals surface area contributed by atoms with Gasteiger partial charge in [0, 0.05) is 6.08 Å². The molecule has 0 saturated heterocycles. The Morgan fingerprint density at radius 1 is 1.20 bits per heavy atom. The average Bonchev–Trinajstić information content (AvgIpc) is 2.41. The first kappa shape index (κ1) is 14.2. The van der Waals surface area contributed by atoms with Gasteiger partial charge in [-0.25, -0.2) is 4.79 Å². The third-order valence-electron chi connectivity index (χ3n) is 2.67. The van der Waals surface area contributed by atoms with Crippen LogP contribution in [0.15, 0.2) is 48.5 Å². The summed E-state index contributed by atoms with van der Waals surface area (Å²) in [7, 11) is 0. The van der Waals surface area contributed by atoms with Gasteiger partial charge in [-0.1, -0.05) is 29.8 Å². The smallest absolute Gasteiger partial charge is 0.328 e. The van der Waals surface area contributed by atoms with Gasteiger partial charge in [0.15, 0.2) is 0 Å². The van der Waals surface area contributed by atoms with Crippen molar-refractivity contribution in [1.82, 2.24) is 0 Å². The maximum atomic E-state index is 10.5. The molecule has 0 unspecified atom stereocenters. The van der Waals surface area contributed by atoms with Crippen molar-refractivity contribution in [2.45, 2.75) is 6.92 Å². The monoisotopic (exact) mass is 288 g/mol. The summed E-state index contributed by atoms with van der Waals surface area (Å²) in [5, 5.41) is 9.14. The number of ether oxygens (including phenoxy) is 1. The number of carboxylic acid groups (broad SMARTS) is 1. The van der Waals surface area contributed by atoms with E-state index in [4.69, 9.17) is 21.4 Å². The number of para-hydroxylation sites is 1. The van der Waals surface area contributed by atoms with Gasteiger partial charge in [0.1, 0.15) is 11.5 Å². The highest BCUT2D eigenvalue weighted by molar-refractivity contribution is 6.32. The van der Waals surface area contributed by atoms with Crippen LogP contribution in [0.25, 0.3) is 6.08 Å². The Bertz CT molecular complexity index is 663. The van der Waals surface area contributed by atoms with Crippen LogP contribution < -0.4 is 4.74 Å². The molecule has 0 bridgehead atoms. The molecule has 0 aliphatic carbocycles. The number of carbonyl (C=O) groups is 1. The highest BCUT2D eigenvalue weighted by Gasteiger charge is 2.05. The number of hydrogen-bond donors (Lipinski definition) is 1. The van der Waals surface area contributed by atoms with Crippen molar-refractivity contribution in [2.24, 2.45) is 0 Å². The maximum Gasteiger partial charge on any atom is 0.328 e. The molecule has 0 aromatic heterocycles. The van der Waals surface area contributed by atoms with Gasteiger partial charge in [-0.15, -0.1) is 0 Å². The molecule has 0 aliphatic heterocycles. The molecule has 2 aromatic rings. The molecule has 0 aliphatic rings. The van der Waals surface area contributed by atoms with Gasteiger partial charge >= 0.3 is 5.97 Å². The van der Waals surface area contributed by atoms with Crippen molar-refractivity contribution in [2.75, 3.05) is 0 Å². The molecule has 0 atom stereocenters. The van der Waals surface area contributed by atoms with Crippen LogP contribution in [0.3, 0.4) is 0 Å². The lowest BCUT2D eigenvalue weighted by Gasteiger charge is -2.10. The Balaban J connectivity index is 2.22. The van der Waals surface area contributed by atoms with Crippen LogP contribution in [0.2, 0.25) is 5.02 Å². The predicted octanol–water partition coefficient (Wildman–Crippen LogP) is 4.54. The molecule has 4 heteroatoms. The summed E-state index contributed by atoms with van der Waals surface area (Å²) in [4.78, 5) is 10.5. The Morgan fingerprint density at radius 3 is 2.60 bits per heavy atom. The van der Waals surface area contributed by atoms with Gasteiger partial charge in [-0.05, 0) is 48.4 Å². The summed E-state index contributed by atoms with van der Waals surface area (Å²) in [6.45, 7) is 1.89. The van der Waals surface area contributed by atoms with Gasteiger partial charge in [0.25, 0.3) is 0 Å². The van der Waals surface area contributed by atoms with E-state index >= 15 is 0 Å². The minimum absolute atomic E-state index is 0.543. The first-order valence-corrected chi connectivity index (χ1v) is 6.38. The molecular weight excluding hydrogens is 276 g/mol. The van der Waals surface area contributed by atoms with Crippen LogP contribution in [0.1, 0.15) is 11.1 Å². The Kier molecular flexibility index (Phi) is 4.43. The summed E-state index contributed by atoms with van der Waals surface area (Å²) in [6.07, 6.45) is 2.64. The average molecular weight is 289 g/mol. The zero-order chi connectivity index (χ0) is 14.5. The van der Waals surface area contributed by atoms with Gasteiger partial charge in [0.2, 0.25) is 0 Å². The lowest BCUT2D eigenvalue weighted by Crippen LogP contribution is -1.90. The fraction of sp³-hybridized carbons (Fsp3) is 0.0625. The predicted molar refractivity (Wildman–Crippen MR) is 79.4 cm³/mol. The topological polar surface area (TPSA) is 46.5 Å². The van der Waals surface area contributed by atoms with Crippen LogP contribution in [-0.4, -0.2) is 11.1 Å². The highest BCUT2D eigenvalue weighted by atomic mass is 35.5. The molecule has 0 saturated carbocycles. The van der Waals surface area contributed by atoms with Crippen LogP contribution in [0, 0.1) is 6.92 Å². The molecule has 2 rings (SSSR count). The molecule has 0 amide bonds. The summed E-state index contributed by atoms with van der Waals surface area (Å²) in [5.41, 5.74) is 1.70. The fourth-order valence-corrected chi connectivity index (χ4v) is 1.88. The third kappa shape index (κ3) is 3.62. The summed E-state index contributed by atoms with van der Waals surface area (Å²) in [5.74, 6) is 0.302. The number of rotatable bonds is 4. The lowest BCUT2D eigenvalue weighted by atomic mass is 10.1. The molecule has 1 N–H and O–H groups in total. The highest BCUT2D eigenvalue weighted by Crippen LogP contribution is 2.31. The number of hydrogen-bond acceptors (Lipinski definition) is 2. The summed E-state index contributed by atoms with van der Waals surface area (Å²) >= 11 is 6.04. The number of aryl methyl sites for hydroxylation is 1. The molecule has 0 radical (unpaired) electrons. The molecule has 102 valence electrons. The Morgan fingerprint density at radius 2 is 1.95 bits per heavy atom. The molecular formula is C16H13ClO3. The van der Waals surface area contributed by atoms with Crippen molar-refractivity contribution < 1.29 is 14.6 Å². The number of aliphatic carboxylic acids is 1. The lowest BCUT2D eigenvalue weighted by molar-refractivity contribution is -0.131. The second kappa shape index (κ2) is 6.26. The quantitative estimate of drug-likeness (QED) is 0.840. The molecule has 20 heavy (non-hydrogen) atoms. The maximum absolute atomic E-state index is 10.5. The van der Waals surface area contributed by atoms with Gasteiger partial charge in [-0.2, -0.15) is 0 Å². The van der Waals surface area contributed by atoms with E-state index in [1.165, 1.54) is 6.08 Å². The zero-order valence-corrected chi connectivity index (χ0v) is 11.6. The second-order valence-corrected chi connectivity index (χ2v) is 4.64. The largest absolute Gasteiger partial charge is 0.478 e. The van der Waals surface area contributed by atoms with Gasteiger partial charge in [0.05, 0.1) is 5.02 Å². The molecule has 0 heterocycles. The van der Waals surface area contributed by atoms with E-state index in [9.17, 15) is 4.79 Å². The fourth-order valence-electron chi connectivity index (χ4n) is 1.70. The number of halogens is 1. The normalized spacial score (nSPS) is 10.7. The van der Waals surface area contributed by atoms with Crippen molar-refractivity contribution in [3.8, 4) is 11.5 Å². The Labute approximate surface area is 122 Å². The van der Waals surface area contributed by atoms with Crippen molar-refractivity contribution >= 4 is 23.6 Å². The standard InChI is InChI=1S/C16H13ClO3/c1-11-10-12(7-9-16(18)19)6-8-14(11)20-15-5-3-2-4-13(15)17/h2-10H,1H3,(H,18,19). The molecule has 0 fully saturated rings. The van der Waals surface area contributed by atoms with E-state index in [2.05, 4.69) is 0 Å². The minimum Gasteiger partial charge on any atom is -0.478 e. The number of benzene rings is 2. The second-order valence-electron chi connectivity index (χ2n) is 4.23. The van der Waals surface area contributed by atoms with Gasteiger partial charge < -0.3 is 9.84 Å². The summed E-state index contributed by atoms with van der Waals surface area (Å²) < 4.78 is 5.75. The first-order valence-electron chi connectivity index (χ1n) is 6.00. The van der Waals surface area contributed by atoms with E-state index in [0.717, 1.165) is 17.2 Å². The van der Waals surface area contributed by atoms with Crippen molar-refractivity contribution in [1.29, 1.82) is 0 Å². The van der Waals surface area contributed by atoms with Crippen molar-refractivity contribution in [3.63, 3.8) is 0 Å².